The molecule has 0 aliphatic heterocycles. The third kappa shape index (κ3) is 5.73. The van der Waals surface area contributed by atoms with Gasteiger partial charge in [0.15, 0.2) is 5.78 Å². The molecular formula is C31H37NO4. The summed E-state index contributed by atoms with van der Waals surface area (Å²) in [5, 5.41) is 0. The summed E-state index contributed by atoms with van der Waals surface area (Å²) < 4.78 is 11.0. The summed E-state index contributed by atoms with van der Waals surface area (Å²) in [6.45, 7) is 0.998. The lowest BCUT2D eigenvalue weighted by molar-refractivity contribution is -0.114. The normalized spacial score (nSPS) is 26.5. The van der Waals surface area contributed by atoms with Gasteiger partial charge in [-0.15, -0.1) is 0 Å². The molecule has 0 unspecified atom stereocenters. The van der Waals surface area contributed by atoms with Crippen LogP contribution in [-0.4, -0.2) is 43.9 Å². The fourth-order valence-corrected chi connectivity index (χ4v) is 7.01. The second-order valence-corrected chi connectivity index (χ2v) is 11.4. The van der Waals surface area contributed by atoms with Gasteiger partial charge in [-0.25, -0.2) is 4.79 Å². The van der Waals surface area contributed by atoms with Gasteiger partial charge in [0.1, 0.15) is 12.4 Å². The Kier molecular flexibility index (Phi) is 7.29. The van der Waals surface area contributed by atoms with Crippen molar-refractivity contribution in [2.24, 2.45) is 17.8 Å². The number of esters is 1. The van der Waals surface area contributed by atoms with Gasteiger partial charge >= 0.3 is 5.97 Å². The molecule has 2 aromatic rings. The number of benzene rings is 2. The Balaban J connectivity index is 1.12. The Bertz CT molecular complexity index is 1080. The van der Waals surface area contributed by atoms with Crippen LogP contribution in [0.2, 0.25) is 0 Å². The lowest BCUT2D eigenvalue weighted by Crippen LogP contribution is -2.48. The lowest BCUT2D eigenvalue weighted by atomic mass is 9.48. The first-order valence-electron chi connectivity index (χ1n) is 13.3. The predicted octanol–water partition coefficient (Wildman–Crippen LogP) is 5.58. The fourth-order valence-electron chi connectivity index (χ4n) is 7.01. The van der Waals surface area contributed by atoms with Crippen molar-refractivity contribution in [1.29, 1.82) is 0 Å². The maximum atomic E-state index is 12.5. The number of carbonyl (C=O) groups excluding carboxylic acids is 2. The average Bonchev–Trinajstić information content (AvgIpc) is 2.83. The number of ether oxygens (including phenoxy) is 2. The summed E-state index contributed by atoms with van der Waals surface area (Å²) >= 11 is 0. The molecule has 4 saturated carbocycles. The van der Waals surface area contributed by atoms with Crippen molar-refractivity contribution in [1.82, 2.24) is 4.90 Å². The van der Waals surface area contributed by atoms with Crippen molar-refractivity contribution in [3.05, 3.63) is 77.6 Å². The molecule has 0 spiro atoms. The van der Waals surface area contributed by atoms with Gasteiger partial charge < -0.3 is 14.4 Å². The van der Waals surface area contributed by atoms with E-state index in [2.05, 4.69) is 12.1 Å². The van der Waals surface area contributed by atoms with Crippen molar-refractivity contribution < 1.29 is 19.1 Å². The molecule has 0 heterocycles. The maximum absolute atomic E-state index is 12.5. The number of ketones is 1. The van der Waals surface area contributed by atoms with Crippen LogP contribution in [0.25, 0.3) is 0 Å². The molecule has 6 rings (SSSR count). The van der Waals surface area contributed by atoms with Crippen LogP contribution in [0.5, 0.6) is 5.75 Å². The van der Waals surface area contributed by atoms with Gasteiger partial charge in [0.2, 0.25) is 0 Å². The summed E-state index contributed by atoms with van der Waals surface area (Å²) in [6.07, 6.45) is 11.5. The quantitative estimate of drug-likeness (QED) is 0.249. The second kappa shape index (κ2) is 10.6. The van der Waals surface area contributed by atoms with Crippen molar-refractivity contribution in [3.63, 3.8) is 0 Å². The molecule has 0 amide bonds. The molecule has 2 aromatic carbocycles. The van der Waals surface area contributed by atoms with Crippen LogP contribution in [0.3, 0.4) is 0 Å². The Labute approximate surface area is 214 Å². The number of carbonyl (C=O) groups is 2. The topological polar surface area (TPSA) is 55.8 Å². The molecule has 190 valence electrons. The number of hydrogen-bond donors (Lipinski definition) is 0. The molecular weight excluding hydrogens is 450 g/mol. The lowest BCUT2D eigenvalue weighted by Gasteiger charge is -2.57. The van der Waals surface area contributed by atoms with Crippen LogP contribution in [-0.2, 0) is 21.4 Å². The van der Waals surface area contributed by atoms with E-state index in [9.17, 15) is 9.59 Å². The highest BCUT2D eigenvalue weighted by Gasteiger charge is 2.51. The first kappa shape index (κ1) is 24.8. The Morgan fingerprint density at radius 3 is 2.28 bits per heavy atom. The molecule has 0 radical (unpaired) electrons. The Morgan fingerprint density at radius 1 is 0.972 bits per heavy atom. The van der Waals surface area contributed by atoms with E-state index in [0.29, 0.717) is 24.1 Å². The number of allylic oxidation sites excluding steroid dienone is 1. The van der Waals surface area contributed by atoms with Crippen LogP contribution >= 0.6 is 0 Å². The fraction of sp³-hybridized carbons (Fsp3) is 0.484. The van der Waals surface area contributed by atoms with Crippen LogP contribution in [0.1, 0.15) is 60.0 Å². The molecule has 5 nitrogen and oxygen atoms in total. The summed E-state index contributed by atoms with van der Waals surface area (Å²) in [5.41, 5.74) is 3.08. The average molecular weight is 488 g/mol. The van der Waals surface area contributed by atoms with E-state index < -0.39 is 0 Å². The number of nitrogens with zero attached hydrogens (tertiary/aromatic N) is 1. The molecule has 4 bridgehead atoms. The highest BCUT2D eigenvalue weighted by atomic mass is 16.5. The van der Waals surface area contributed by atoms with E-state index >= 15 is 0 Å². The third-order valence-corrected chi connectivity index (χ3v) is 8.28. The van der Waals surface area contributed by atoms with Crippen LogP contribution in [0.15, 0.2) is 60.9 Å². The number of rotatable bonds is 10. The molecule has 4 aliphatic carbocycles. The van der Waals surface area contributed by atoms with Crippen molar-refractivity contribution in [2.45, 2.75) is 50.4 Å². The van der Waals surface area contributed by atoms with Gasteiger partial charge in [-0.2, -0.15) is 0 Å². The largest absolute Gasteiger partial charge is 0.465 e. The monoisotopic (exact) mass is 487 g/mol. The highest BCUT2D eigenvalue weighted by Crippen LogP contribution is 2.60. The summed E-state index contributed by atoms with van der Waals surface area (Å²) in [7, 11) is 3.85. The van der Waals surface area contributed by atoms with Gasteiger partial charge in [-0.1, -0.05) is 24.3 Å². The van der Waals surface area contributed by atoms with Crippen LogP contribution < -0.4 is 4.74 Å². The molecule has 0 saturated heterocycles. The summed E-state index contributed by atoms with van der Waals surface area (Å²) in [4.78, 5) is 26.6. The van der Waals surface area contributed by atoms with E-state index in [4.69, 9.17) is 9.47 Å². The zero-order valence-corrected chi connectivity index (χ0v) is 21.4. The molecule has 0 atom stereocenters. The van der Waals surface area contributed by atoms with Gasteiger partial charge in [0.25, 0.3) is 0 Å². The molecule has 5 heteroatoms. The maximum Gasteiger partial charge on any atom is 0.338 e. The van der Waals surface area contributed by atoms with Gasteiger partial charge in [-0.3, -0.25) is 4.79 Å². The zero-order valence-electron chi connectivity index (χ0n) is 21.4. The third-order valence-electron chi connectivity index (χ3n) is 8.28. The van der Waals surface area contributed by atoms with Gasteiger partial charge in [-0.05, 0) is 111 Å². The minimum Gasteiger partial charge on any atom is -0.465 e. The summed E-state index contributed by atoms with van der Waals surface area (Å²) in [6, 6.07) is 15.6. The van der Waals surface area contributed by atoms with E-state index in [1.165, 1.54) is 56.4 Å². The van der Waals surface area contributed by atoms with Crippen molar-refractivity contribution in [3.8, 4) is 5.75 Å². The van der Waals surface area contributed by atoms with Gasteiger partial charge in [0.05, 0.1) is 11.8 Å². The smallest absolute Gasteiger partial charge is 0.338 e. The standard InChI is InChI=1S/C31H37NO4/c1-32(2)11-13-36-30(34)26-5-3-4-22(17-26)18-28(33)10-12-35-29-8-6-27(7-9-29)31-19-23-14-24(20-31)16-25(15-23)21-31/h3-10,12,17,23-25H,11,13-16,18-21H2,1-2H3/b12-10+. The Hall–Kier alpha value is -2.92. The first-order valence-corrected chi connectivity index (χ1v) is 13.3. The van der Waals surface area contributed by atoms with E-state index in [-0.39, 0.29) is 18.2 Å². The summed E-state index contributed by atoms with van der Waals surface area (Å²) in [5.74, 6) is 3.07. The minimum absolute atomic E-state index is 0.0849. The predicted molar refractivity (Wildman–Crippen MR) is 140 cm³/mol. The Morgan fingerprint density at radius 2 is 1.64 bits per heavy atom. The van der Waals surface area contributed by atoms with Gasteiger partial charge in [0, 0.05) is 19.0 Å². The van der Waals surface area contributed by atoms with E-state index in [1.54, 1.807) is 18.2 Å². The highest BCUT2D eigenvalue weighted by molar-refractivity contribution is 5.93. The minimum atomic E-state index is -0.373. The molecule has 4 aliphatic rings. The second-order valence-electron chi connectivity index (χ2n) is 11.4. The SMILES string of the molecule is CN(C)CCOC(=O)c1cccc(CC(=O)/C=C/Oc2ccc(C34CC5CC(CC(C5)C3)C4)cc2)c1. The van der Waals surface area contributed by atoms with E-state index in [1.807, 2.05) is 37.2 Å². The zero-order chi connectivity index (χ0) is 25.1. The molecule has 36 heavy (non-hydrogen) atoms. The van der Waals surface area contributed by atoms with Crippen LogP contribution in [0, 0.1) is 17.8 Å². The van der Waals surface area contributed by atoms with Crippen LogP contribution in [0.4, 0.5) is 0 Å². The van der Waals surface area contributed by atoms with E-state index in [0.717, 1.165) is 29.1 Å². The molecule has 4 fully saturated rings. The molecule has 0 aromatic heterocycles. The van der Waals surface area contributed by atoms with Crippen molar-refractivity contribution >= 4 is 11.8 Å². The number of hydrogen-bond acceptors (Lipinski definition) is 5. The molecule has 0 N–H and O–H groups in total. The first-order chi connectivity index (χ1) is 17.4. The van der Waals surface area contributed by atoms with Crippen molar-refractivity contribution in [2.75, 3.05) is 27.2 Å². The number of likely N-dealkylation sites (N-methyl/N-ethyl adjacent to an activating group) is 1.